The van der Waals surface area contributed by atoms with Gasteiger partial charge in [0, 0.05) is 13.1 Å². The molecule has 250 valence electrons. The molecule has 0 amide bonds. The summed E-state index contributed by atoms with van der Waals surface area (Å²) in [6, 6.07) is 0. The van der Waals surface area contributed by atoms with Gasteiger partial charge in [0.2, 0.25) is 0 Å². The summed E-state index contributed by atoms with van der Waals surface area (Å²) < 4.78 is 71.2. The van der Waals surface area contributed by atoms with Crippen LogP contribution in [0.15, 0.2) is 9.79 Å². The Morgan fingerprint density at radius 3 is 1.27 bits per heavy atom. The summed E-state index contributed by atoms with van der Waals surface area (Å²) in [4.78, 5) is 12.0. The molecule has 2 aromatic carbocycles. The van der Waals surface area contributed by atoms with Gasteiger partial charge in [0.1, 0.15) is 22.7 Å². The zero-order chi connectivity index (χ0) is 33.3. The number of hydrogen-bond acceptors (Lipinski definition) is 8. The highest BCUT2D eigenvalue weighted by atomic mass is 32.2. The zero-order valence-electron chi connectivity index (χ0n) is 28.3. The van der Waals surface area contributed by atoms with Gasteiger partial charge < -0.3 is 9.47 Å². The molecule has 3 heterocycles. The third-order valence-electron chi connectivity index (χ3n) is 9.62. The van der Waals surface area contributed by atoms with E-state index in [1.807, 2.05) is 55.4 Å². The molecule has 0 N–H and O–H groups in total. The SMILES string of the molecule is Cc1c(C)c(S(=O)(=O)N2CCCN(S(=O)(=O)c3c(C)c(C)c4c(c3C)CCC(C)(C)O4)OCCO2)c(C)c2c1OC(C)(C)CC2. The van der Waals surface area contributed by atoms with Gasteiger partial charge in [-0.25, -0.2) is 16.8 Å². The molecule has 10 nitrogen and oxygen atoms in total. The van der Waals surface area contributed by atoms with Crippen molar-refractivity contribution in [1.82, 2.24) is 8.94 Å². The highest BCUT2D eigenvalue weighted by Gasteiger charge is 2.39. The number of ether oxygens (including phenoxy) is 2. The molecular formula is C33H48N2O8S2. The topological polar surface area (TPSA) is 112 Å². The van der Waals surface area contributed by atoms with Crippen molar-refractivity contribution in [3.63, 3.8) is 0 Å². The molecule has 0 spiro atoms. The van der Waals surface area contributed by atoms with Gasteiger partial charge in [-0.2, -0.15) is 0 Å². The van der Waals surface area contributed by atoms with Crippen molar-refractivity contribution in [2.45, 2.75) is 122 Å². The number of nitrogens with zero attached hydrogens (tertiary/aromatic N) is 2. The highest BCUT2D eigenvalue weighted by Crippen LogP contribution is 2.44. The Labute approximate surface area is 269 Å². The summed E-state index contributed by atoms with van der Waals surface area (Å²) in [5.41, 5.74) is 5.31. The molecule has 2 aromatic rings. The van der Waals surface area contributed by atoms with Crippen LogP contribution in [0.1, 0.15) is 91.5 Å². The van der Waals surface area contributed by atoms with Crippen LogP contribution in [0.5, 0.6) is 11.5 Å². The molecule has 3 aliphatic heterocycles. The van der Waals surface area contributed by atoms with Crippen LogP contribution in [0.3, 0.4) is 0 Å². The lowest BCUT2D eigenvalue weighted by Gasteiger charge is -2.36. The van der Waals surface area contributed by atoms with E-state index in [4.69, 9.17) is 19.1 Å². The Morgan fingerprint density at radius 1 is 0.556 bits per heavy atom. The maximum absolute atomic E-state index is 14.2. The van der Waals surface area contributed by atoms with E-state index in [0.717, 1.165) is 55.5 Å². The second-order valence-electron chi connectivity index (χ2n) is 13.8. The summed E-state index contributed by atoms with van der Waals surface area (Å²) in [5.74, 6) is 1.52. The second-order valence-corrected chi connectivity index (χ2v) is 17.4. The molecule has 12 heteroatoms. The molecule has 3 aliphatic rings. The molecule has 0 saturated carbocycles. The number of sulfonamides is 2. The maximum Gasteiger partial charge on any atom is 0.265 e. The summed E-state index contributed by atoms with van der Waals surface area (Å²) >= 11 is 0. The predicted octanol–water partition coefficient (Wildman–Crippen LogP) is 5.69. The number of rotatable bonds is 4. The van der Waals surface area contributed by atoms with Gasteiger partial charge in [0.25, 0.3) is 20.0 Å². The lowest BCUT2D eigenvalue weighted by molar-refractivity contribution is -0.131. The van der Waals surface area contributed by atoms with E-state index in [9.17, 15) is 16.8 Å². The minimum atomic E-state index is -4.09. The van der Waals surface area contributed by atoms with E-state index in [-0.39, 0.29) is 53.7 Å². The van der Waals surface area contributed by atoms with Crippen molar-refractivity contribution in [3.05, 3.63) is 44.5 Å². The van der Waals surface area contributed by atoms with Gasteiger partial charge in [-0.15, -0.1) is 0 Å². The Balaban J connectivity index is 1.42. The standard InChI is InChI=1S/C33H48N2O8S2/c1-20-22(3)30(24(5)26-12-14-32(7,8)42-28(20)26)44(36,37)34-16-11-17-35(41-19-18-40-34)45(38,39)31-23(4)21(2)29-27(25(31)6)13-15-33(9,10)43-29/h11-19H2,1-10H3. The number of benzene rings is 2. The van der Waals surface area contributed by atoms with Crippen LogP contribution in [0.4, 0.5) is 0 Å². The second kappa shape index (κ2) is 11.8. The fourth-order valence-electron chi connectivity index (χ4n) is 6.79. The molecule has 45 heavy (non-hydrogen) atoms. The van der Waals surface area contributed by atoms with Crippen LogP contribution >= 0.6 is 0 Å². The van der Waals surface area contributed by atoms with Crippen molar-refractivity contribution in [2.75, 3.05) is 26.3 Å². The zero-order valence-corrected chi connectivity index (χ0v) is 30.0. The van der Waals surface area contributed by atoms with E-state index in [2.05, 4.69) is 0 Å². The monoisotopic (exact) mass is 664 g/mol. The average molecular weight is 665 g/mol. The van der Waals surface area contributed by atoms with Crippen LogP contribution in [0, 0.1) is 41.5 Å². The van der Waals surface area contributed by atoms with Gasteiger partial charge in [0.15, 0.2) is 0 Å². The highest BCUT2D eigenvalue weighted by molar-refractivity contribution is 7.89. The predicted molar refractivity (Wildman–Crippen MR) is 172 cm³/mol. The maximum atomic E-state index is 14.2. The third-order valence-corrected chi connectivity index (χ3v) is 13.5. The fourth-order valence-corrected chi connectivity index (χ4v) is 10.5. The number of fused-ring (bicyclic) bond motifs is 2. The van der Waals surface area contributed by atoms with Crippen LogP contribution in [-0.4, -0.2) is 63.3 Å². The van der Waals surface area contributed by atoms with Crippen molar-refractivity contribution in [2.24, 2.45) is 0 Å². The van der Waals surface area contributed by atoms with E-state index >= 15 is 0 Å². The first-order valence-corrected chi connectivity index (χ1v) is 18.6. The van der Waals surface area contributed by atoms with Crippen LogP contribution in [0.25, 0.3) is 0 Å². The fraction of sp³-hybridized carbons (Fsp3) is 0.636. The Kier molecular flexibility index (Phi) is 8.94. The summed E-state index contributed by atoms with van der Waals surface area (Å²) in [7, 11) is -8.18. The quantitative estimate of drug-likeness (QED) is 0.410. The van der Waals surface area contributed by atoms with Crippen LogP contribution in [-0.2, 0) is 42.6 Å². The summed E-state index contributed by atoms with van der Waals surface area (Å²) in [6.45, 7) is 18.8. The summed E-state index contributed by atoms with van der Waals surface area (Å²) in [6.07, 6.45) is 3.14. The van der Waals surface area contributed by atoms with Crippen LogP contribution in [0.2, 0.25) is 0 Å². The Morgan fingerprint density at radius 2 is 0.911 bits per heavy atom. The molecule has 5 rings (SSSR count). The molecule has 0 atom stereocenters. The minimum Gasteiger partial charge on any atom is -0.487 e. The van der Waals surface area contributed by atoms with Gasteiger partial charge in [-0.1, -0.05) is 8.94 Å². The van der Waals surface area contributed by atoms with Gasteiger partial charge in [-0.05, 0) is 146 Å². The number of hydroxylamine groups is 2. The van der Waals surface area contributed by atoms with E-state index in [0.29, 0.717) is 35.1 Å². The lowest BCUT2D eigenvalue weighted by atomic mass is 9.88. The molecule has 0 aliphatic carbocycles. The van der Waals surface area contributed by atoms with E-state index in [1.54, 1.807) is 13.8 Å². The lowest BCUT2D eigenvalue weighted by Crippen LogP contribution is -2.37. The molecule has 1 fully saturated rings. The molecule has 0 unspecified atom stereocenters. The third kappa shape index (κ3) is 6.02. The van der Waals surface area contributed by atoms with Crippen molar-refractivity contribution in [1.29, 1.82) is 0 Å². The average Bonchev–Trinajstić information content (AvgIpc) is 3.07. The van der Waals surface area contributed by atoms with Gasteiger partial charge in [-0.3, -0.25) is 9.68 Å². The Bertz CT molecular complexity index is 1620. The Hall–Kier alpha value is -2.22. The van der Waals surface area contributed by atoms with E-state index < -0.39 is 20.0 Å². The first kappa shape index (κ1) is 34.1. The number of hydrogen-bond donors (Lipinski definition) is 0. The molecule has 0 bridgehead atoms. The molecule has 0 aromatic heterocycles. The van der Waals surface area contributed by atoms with Crippen molar-refractivity contribution < 1.29 is 36.0 Å². The van der Waals surface area contributed by atoms with Crippen molar-refractivity contribution >= 4 is 20.0 Å². The van der Waals surface area contributed by atoms with Gasteiger partial charge in [0.05, 0.1) is 23.0 Å². The minimum absolute atomic E-state index is 0.0413. The van der Waals surface area contributed by atoms with E-state index in [1.165, 1.54) is 0 Å². The summed E-state index contributed by atoms with van der Waals surface area (Å²) in [5, 5.41) is 0. The van der Waals surface area contributed by atoms with Crippen LogP contribution < -0.4 is 9.47 Å². The smallest absolute Gasteiger partial charge is 0.265 e. The van der Waals surface area contributed by atoms with Gasteiger partial charge >= 0.3 is 0 Å². The molecule has 1 saturated heterocycles. The largest absolute Gasteiger partial charge is 0.487 e. The molecule has 0 radical (unpaired) electrons. The van der Waals surface area contributed by atoms with Crippen molar-refractivity contribution in [3.8, 4) is 11.5 Å². The normalized spacial score (nSPS) is 21.0. The first-order chi connectivity index (χ1) is 20.8. The first-order valence-electron chi connectivity index (χ1n) is 15.7. The molecular weight excluding hydrogens is 617 g/mol.